The summed E-state index contributed by atoms with van der Waals surface area (Å²) in [7, 11) is 1.64. The highest BCUT2D eigenvalue weighted by Crippen LogP contribution is 2.31. The predicted octanol–water partition coefficient (Wildman–Crippen LogP) is 4.01. The van der Waals surface area contributed by atoms with Gasteiger partial charge in [0.15, 0.2) is 5.58 Å². The molecule has 20 heavy (non-hydrogen) atoms. The Morgan fingerprint density at radius 3 is 3.00 bits per heavy atom. The molecule has 4 nitrogen and oxygen atoms in total. The van der Waals surface area contributed by atoms with E-state index < -0.39 is 0 Å². The minimum Gasteiger partial charge on any atom is -0.497 e. The number of hydrogen-bond donors (Lipinski definition) is 0. The van der Waals surface area contributed by atoms with E-state index in [4.69, 9.17) is 9.15 Å². The summed E-state index contributed by atoms with van der Waals surface area (Å²) < 4.78 is 11.0. The first-order valence-corrected chi connectivity index (χ1v) is 7.33. The van der Waals surface area contributed by atoms with Gasteiger partial charge in [0.05, 0.1) is 7.11 Å². The Kier molecular flexibility index (Phi) is 3.60. The van der Waals surface area contributed by atoms with Crippen molar-refractivity contribution in [2.45, 2.75) is 11.8 Å². The van der Waals surface area contributed by atoms with Crippen LogP contribution >= 0.6 is 11.8 Å². The van der Waals surface area contributed by atoms with Crippen molar-refractivity contribution in [3.05, 3.63) is 36.5 Å². The predicted molar refractivity (Wildman–Crippen MR) is 80.2 cm³/mol. The minimum absolute atomic E-state index is 0.546. The number of hydrogen-bond acceptors (Lipinski definition) is 5. The number of oxazole rings is 1. The normalized spacial score (nSPS) is 10.9. The third kappa shape index (κ3) is 2.36. The molecule has 102 valence electrons. The van der Waals surface area contributed by atoms with E-state index in [0.717, 1.165) is 33.2 Å². The number of thioether (sulfide) groups is 1. The molecule has 0 amide bonds. The maximum Gasteiger partial charge on any atom is 0.247 e. The number of ether oxygens (including phenoxy) is 1. The number of rotatable bonds is 4. The number of nitrogens with zero attached hydrogens (tertiary/aromatic N) is 2. The fraction of sp³-hybridized carbons (Fsp3) is 0.200. The van der Waals surface area contributed by atoms with Crippen LogP contribution in [0.2, 0.25) is 0 Å². The van der Waals surface area contributed by atoms with E-state index in [1.807, 2.05) is 30.3 Å². The van der Waals surface area contributed by atoms with Crippen LogP contribution in [0, 0.1) is 0 Å². The van der Waals surface area contributed by atoms with Gasteiger partial charge in [-0.05, 0) is 30.0 Å². The van der Waals surface area contributed by atoms with E-state index in [1.165, 1.54) is 0 Å². The van der Waals surface area contributed by atoms with Crippen LogP contribution in [0.3, 0.4) is 0 Å². The average Bonchev–Trinajstić information content (AvgIpc) is 2.90. The molecule has 0 aliphatic rings. The van der Waals surface area contributed by atoms with Crippen LogP contribution in [-0.4, -0.2) is 22.8 Å². The summed E-state index contributed by atoms with van der Waals surface area (Å²) in [4.78, 5) is 9.99. The Balaban J connectivity index is 2.10. The average molecular weight is 286 g/mol. The Morgan fingerprint density at radius 2 is 2.20 bits per heavy atom. The second-order valence-corrected chi connectivity index (χ2v) is 5.44. The zero-order valence-corrected chi connectivity index (χ0v) is 12.1. The zero-order valence-electron chi connectivity index (χ0n) is 11.3. The standard InChI is InChI=1S/C15H14N2O2S/c1-3-20-13-5-4-8-16-14(13)15-17-11-9-10(18-2)6-7-12(11)19-15/h4-9H,3H2,1-2H3. The Hall–Kier alpha value is -2.01. The first-order valence-electron chi connectivity index (χ1n) is 6.34. The number of fused-ring (bicyclic) bond motifs is 1. The maximum absolute atomic E-state index is 5.80. The third-order valence-corrected chi connectivity index (χ3v) is 3.80. The summed E-state index contributed by atoms with van der Waals surface area (Å²) in [5.74, 6) is 2.29. The van der Waals surface area contributed by atoms with E-state index in [-0.39, 0.29) is 0 Å². The molecular formula is C15H14N2O2S. The number of methoxy groups -OCH3 is 1. The minimum atomic E-state index is 0.546. The first kappa shape index (κ1) is 13.0. The van der Waals surface area contributed by atoms with Gasteiger partial charge in [-0.3, -0.25) is 0 Å². The van der Waals surface area contributed by atoms with Crippen LogP contribution in [0.4, 0.5) is 0 Å². The van der Waals surface area contributed by atoms with Gasteiger partial charge in [0.2, 0.25) is 5.89 Å². The molecule has 0 aliphatic carbocycles. The largest absolute Gasteiger partial charge is 0.497 e. The SMILES string of the molecule is CCSc1cccnc1-c1nc2cc(OC)ccc2o1. The monoisotopic (exact) mass is 286 g/mol. The molecule has 0 fully saturated rings. The van der Waals surface area contributed by atoms with Gasteiger partial charge < -0.3 is 9.15 Å². The molecule has 0 N–H and O–H groups in total. The topological polar surface area (TPSA) is 48.2 Å². The number of benzene rings is 1. The van der Waals surface area contributed by atoms with E-state index in [2.05, 4.69) is 16.9 Å². The summed E-state index contributed by atoms with van der Waals surface area (Å²) in [6.45, 7) is 2.11. The van der Waals surface area contributed by atoms with E-state index in [9.17, 15) is 0 Å². The summed E-state index contributed by atoms with van der Waals surface area (Å²) in [6.07, 6.45) is 1.75. The van der Waals surface area contributed by atoms with Gasteiger partial charge in [0.25, 0.3) is 0 Å². The summed E-state index contributed by atoms with van der Waals surface area (Å²) in [6, 6.07) is 9.54. The zero-order chi connectivity index (χ0) is 13.9. The van der Waals surface area contributed by atoms with Gasteiger partial charge in [0, 0.05) is 17.2 Å². The second kappa shape index (κ2) is 5.54. The van der Waals surface area contributed by atoms with Crippen molar-refractivity contribution in [2.24, 2.45) is 0 Å². The molecule has 5 heteroatoms. The summed E-state index contributed by atoms with van der Waals surface area (Å²) >= 11 is 1.73. The van der Waals surface area contributed by atoms with Crippen LogP contribution in [-0.2, 0) is 0 Å². The molecule has 0 spiro atoms. The Morgan fingerprint density at radius 1 is 1.30 bits per heavy atom. The lowest BCUT2D eigenvalue weighted by Gasteiger charge is -2.02. The molecule has 0 bridgehead atoms. The molecule has 0 saturated carbocycles. The van der Waals surface area contributed by atoms with Crippen molar-refractivity contribution >= 4 is 22.9 Å². The summed E-state index contributed by atoms with van der Waals surface area (Å²) in [5, 5.41) is 0. The fourth-order valence-corrected chi connectivity index (χ4v) is 2.72. The third-order valence-electron chi connectivity index (χ3n) is 2.87. The van der Waals surface area contributed by atoms with Gasteiger partial charge in [0.1, 0.15) is 17.0 Å². The molecule has 2 heterocycles. The van der Waals surface area contributed by atoms with E-state index in [1.54, 1.807) is 25.1 Å². The van der Waals surface area contributed by atoms with Crippen LogP contribution in [0.1, 0.15) is 6.92 Å². The van der Waals surface area contributed by atoms with E-state index in [0.29, 0.717) is 5.89 Å². The summed E-state index contributed by atoms with van der Waals surface area (Å²) in [5.41, 5.74) is 2.30. The van der Waals surface area contributed by atoms with Crippen LogP contribution in [0.25, 0.3) is 22.7 Å². The van der Waals surface area contributed by atoms with Gasteiger partial charge >= 0.3 is 0 Å². The van der Waals surface area contributed by atoms with Gasteiger partial charge in [-0.1, -0.05) is 6.92 Å². The van der Waals surface area contributed by atoms with Gasteiger partial charge in [-0.2, -0.15) is 0 Å². The van der Waals surface area contributed by atoms with Crippen LogP contribution in [0.15, 0.2) is 45.8 Å². The molecule has 2 aromatic heterocycles. The highest BCUT2D eigenvalue weighted by atomic mass is 32.2. The highest BCUT2D eigenvalue weighted by Gasteiger charge is 2.14. The Bertz CT molecular complexity index is 740. The molecule has 0 saturated heterocycles. The van der Waals surface area contributed by atoms with Crippen LogP contribution in [0.5, 0.6) is 5.75 Å². The molecular weight excluding hydrogens is 272 g/mol. The molecule has 3 rings (SSSR count). The number of aromatic nitrogens is 2. The lowest BCUT2D eigenvalue weighted by atomic mass is 10.3. The molecule has 0 atom stereocenters. The van der Waals surface area contributed by atoms with Gasteiger partial charge in [-0.15, -0.1) is 11.8 Å². The fourth-order valence-electron chi connectivity index (χ4n) is 1.96. The second-order valence-electron chi connectivity index (χ2n) is 4.14. The van der Waals surface area contributed by atoms with Crippen molar-refractivity contribution < 1.29 is 9.15 Å². The molecule has 0 unspecified atom stereocenters. The van der Waals surface area contributed by atoms with Crippen LogP contribution < -0.4 is 4.74 Å². The van der Waals surface area contributed by atoms with Crippen molar-refractivity contribution in [3.63, 3.8) is 0 Å². The van der Waals surface area contributed by atoms with Gasteiger partial charge in [-0.25, -0.2) is 9.97 Å². The molecule has 3 aromatic rings. The molecule has 0 aliphatic heterocycles. The lowest BCUT2D eigenvalue weighted by molar-refractivity contribution is 0.415. The Labute approximate surface area is 121 Å². The number of pyridine rings is 1. The maximum atomic E-state index is 5.80. The van der Waals surface area contributed by atoms with Crippen molar-refractivity contribution in [1.82, 2.24) is 9.97 Å². The van der Waals surface area contributed by atoms with Crippen molar-refractivity contribution in [1.29, 1.82) is 0 Å². The smallest absolute Gasteiger partial charge is 0.247 e. The molecule has 1 aromatic carbocycles. The van der Waals surface area contributed by atoms with Crippen molar-refractivity contribution in [2.75, 3.05) is 12.9 Å². The quantitative estimate of drug-likeness (QED) is 0.678. The molecule has 0 radical (unpaired) electrons. The van der Waals surface area contributed by atoms with E-state index >= 15 is 0 Å². The highest BCUT2D eigenvalue weighted by molar-refractivity contribution is 7.99. The van der Waals surface area contributed by atoms with Crippen molar-refractivity contribution in [3.8, 4) is 17.3 Å². The first-order chi connectivity index (χ1) is 9.81. The lowest BCUT2D eigenvalue weighted by Crippen LogP contribution is -1.87.